The third-order valence-electron chi connectivity index (χ3n) is 2.60. The summed E-state index contributed by atoms with van der Waals surface area (Å²) in [6.45, 7) is 1.01. The smallest absolute Gasteiger partial charge is 0.339 e. The number of carbonyl (C=O) groups is 1. The zero-order chi connectivity index (χ0) is 13.3. The van der Waals surface area contributed by atoms with E-state index in [1.807, 2.05) is 0 Å². The van der Waals surface area contributed by atoms with Gasteiger partial charge in [0.05, 0.1) is 17.2 Å². The van der Waals surface area contributed by atoms with Gasteiger partial charge in [0, 0.05) is 12.8 Å². The second-order valence-corrected chi connectivity index (χ2v) is 6.07. The minimum absolute atomic E-state index is 0.0309. The third kappa shape index (κ3) is 2.40. The molecule has 1 heterocycles. The molecule has 0 spiro atoms. The SMILES string of the molecule is CS(=O)(=O)c1cc2c(c(C(=O)O)c1)OCCCN2. The molecule has 0 aromatic heterocycles. The summed E-state index contributed by atoms with van der Waals surface area (Å²) in [5.74, 6) is -1.01. The Labute approximate surface area is 104 Å². The Balaban J connectivity index is 2.67. The number of carboxylic acids is 1. The molecule has 0 aliphatic carbocycles. The zero-order valence-electron chi connectivity index (χ0n) is 9.76. The molecule has 18 heavy (non-hydrogen) atoms. The van der Waals surface area contributed by atoms with Crippen molar-refractivity contribution in [3.8, 4) is 5.75 Å². The molecule has 2 N–H and O–H groups in total. The van der Waals surface area contributed by atoms with E-state index in [2.05, 4.69) is 5.32 Å². The predicted molar refractivity (Wildman–Crippen MR) is 65.1 cm³/mol. The molecule has 0 radical (unpaired) electrons. The Bertz CT molecular complexity index is 594. The van der Waals surface area contributed by atoms with Gasteiger partial charge in [-0.25, -0.2) is 13.2 Å². The molecule has 0 unspecified atom stereocenters. The Kier molecular flexibility index (Phi) is 3.16. The quantitative estimate of drug-likeness (QED) is 0.833. The number of anilines is 1. The van der Waals surface area contributed by atoms with Gasteiger partial charge in [-0.15, -0.1) is 0 Å². The summed E-state index contributed by atoms with van der Waals surface area (Å²) < 4.78 is 28.4. The van der Waals surface area contributed by atoms with Crippen molar-refractivity contribution in [3.63, 3.8) is 0 Å². The van der Waals surface area contributed by atoms with Crippen molar-refractivity contribution in [3.05, 3.63) is 17.7 Å². The number of carboxylic acid groups (broad SMARTS) is 1. The first-order chi connectivity index (χ1) is 8.39. The van der Waals surface area contributed by atoms with Gasteiger partial charge < -0.3 is 15.2 Å². The zero-order valence-corrected chi connectivity index (χ0v) is 10.6. The van der Waals surface area contributed by atoms with E-state index in [1.165, 1.54) is 6.07 Å². The predicted octanol–water partition coefficient (Wildman–Crippen LogP) is 0.983. The maximum absolute atomic E-state index is 11.5. The number of rotatable bonds is 2. The van der Waals surface area contributed by atoms with E-state index in [4.69, 9.17) is 9.84 Å². The van der Waals surface area contributed by atoms with Crippen LogP contribution in [0.5, 0.6) is 5.75 Å². The third-order valence-corrected chi connectivity index (χ3v) is 3.70. The Morgan fingerprint density at radius 2 is 2.17 bits per heavy atom. The molecule has 1 aromatic carbocycles. The molecule has 2 rings (SSSR count). The first-order valence-electron chi connectivity index (χ1n) is 5.37. The maximum atomic E-state index is 11.5. The highest BCUT2D eigenvalue weighted by Gasteiger charge is 2.22. The van der Waals surface area contributed by atoms with E-state index >= 15 is 0 Å². The van der Waals surface area contributed by atoms with Crippen LogP contribution in [0, 0.1) is 0 Å². The summed E-state index contributed by atoms with van der Waals surface area (Å²) in [7, 11) is -3.46. The van der Waals surface area contributed by atoms with E-state index < -0.39 is 15.8 Å². The van der Waals surface area contributed by atoms with Crippen molar-refractivity contribution in [2.45, 2.75) is 11.3 Å². The van der Waals surface area contributed by atoms with Gasteiger partial charge in [0.25, 0.3) is 0 Å². The van der Waals surface area contributed by atoms with E-state index in [0.29, 0.717) is 18.8 Å². The van der Waals surface area contributed by atoms with E-state index in [9.17, 15) is 13.2 Å². The number of benzene rings is 1. The molecule has 0 atom stereocenters. The van der Waals surface area contributed by atoms with Crippen LogP contribution in [0.1, 0.15) is 16.8 Å². The van der Waals surface area contributed by atoms with Crippen molar-refractivity contribution in [2.75, 3.05) is 24.7 Å². The lowest BCUT2D eigenvalue weighted by Crippen LogP contribution is -2.07. The minimum Gasteiger partial charge on any atom is -0.490 e. The van der Waals surface area contributed by atoms with Gasteiger partial charge in [-0.05, 0) is 18.6 Å². The lowest BCUT2D eigenvalue weighted by atomic mass is 10.1. The average Bonchev–Trinajstić information content (AvgIpc) is 2.50. The molecule has 0 saturated heterocycles. The fourth-order valence-corrected chi connectivity index (χ4v) is 2.40. The molecule has 0 bridgehead atoms. The van der Waals surface area contributed by atoms with Crippen LogP contribution in [0.15, 0.2) is 17.0 Å². The number of aromatic carboxylic acids is 1. The molecule has 0 saturated carbocycles. The second kappa shape index (κ2) is 4.49. The minimum atomic E-state index is -3.46. The van der Waals surface area contributed by atoms with Crippen molar-refractivity contribution >= 4 is 21.5 Å². The van der Waals surface area contributed by atoms with Crippen molar-refractivity contribution < 1.29 is 23.1 Å². The average molecular weight is 271 g/mol. The molecule has 7 heteroatoms. The summed E-state index contributed by atoms with van der Waals surface area (Å²) in [5, 5.41) is 12.1. The van der Waals surface area contributed by atoms with Crippen LogP contribution in [0.4, 0.5) is 5.69 Å². The molecular weight excluding hydrogens is 258 g/mol. The fraction of sp³-hybridized carbons (Fsp3) is 0.364. The Morgan fingerprint density at radius 3 is 2.78 bits per heavy atom. The highest BCUT2D eigenvalue weighted by molar-refractivity contribution is 7.90. The summed E-state index contributed by atoms with van der Waals surface area (Å²) >= 11 is 0. The first-order valence-corrected chi connectivity index (χ1v) is 7.27. The van der Waals surface area contributed by atoms with Gasteiger partial charge in [0.2, 0.25) is 0 Å². The van der Waals surface area contributed by atoms with Crippen molar-refractivity contribution in [1.82, 2.24) is 0 Å². The summed E-state index contributed by atoms with van der Waals surface area (Å²) in [6.07, 6.45) is 1.76. The highest BCUT2D eigenvalue weighted by atomic mass is 32.2. The standard InChI is InChI=1S/C11H13NO5S/c1-18(15,16)7-5-8(11(13)14)10-9(6-7)12-3-2-4-17-10/h5-6,12H,2-4H2,1H3,(H,13,14). The van der Waals surface area contributed by atoms with Gasteiger partial charge in [0.15, 0.2) is 15.6 Å². The largest absolute Gasteiger partial charge is 0.490 e. The molecule has 6 nitrogen and oxygen atoms in total. The van der Waals surface area contributed by atoms with Crippen molar-refractivity contribution in [2.24, 2.45) is 0 Å². The van der Waals surface area contributed by atoms with Crippen LogP contribution < -0.4 is 10.1 Å². The molecule has 0 amide bonds. The summed E-state index contributed by atoms with van der Waals surface area (Å²) in [5.41, 5.74) is 0.273. The number of hydrogen-bond acceptors (Lipinski definition) is 5. The number of sulfone groups is 1. The van der Waals surface area contributed by atoms with Crippen LogP contribution in [0.2, 0.25) is 0 Å². The summed E-state index contributed by atoms with van der Waals surface area (Å²) in [6, 6.07) is 2.53. The normalized spacial score (nSPS) is 14.9. The maximum Gasteiger partial charge on any atom is 0.339 e. The van der Waals surface area contributed by atoms with Crippen LogP contribution in [0.25, 0.3) is 0 Å². The van der Waals surface area contributed by atoms with Gasteiger partial charge >= 0.3 is 5.97 Å². The fourth-order valence-electron chi connectivity index (χ4n) is 1.73. The van der Waals surface area contributed by atoms with Crippen LogP contribution in [-0.2, 0) is 9.84 Å². The van der Waals surface area contributed by atoms with Crippen molar-refractivity contribution in [1.29, 1.82) is 0 Å². The monoisotopic (exact) mass is 271 g/mol. The highest BCUT2D eigenvalue weighted by Crippen LogP contribution is 2.34. The number of hydrogen-bond donors (Lipinski definition) is 2. The molecule has 98 valence electrons. The number of nitrogens with one attached hydrogen (secondary N) is 1. The van der Waals surface area contributed by atoms with Gasteiger partial charge in [0.1, 0.15) is 5.56 Å². The van der Waals surface area contributed by atoms with E-state index in [0.717, 1.165) is 18.7 Å². The van der Waals surface area contributed by atoms with Crippen LogP contribution in [0.3, 0.4) is 0 Å². The summed E-state index contributed by atoms with van der Waals surface area (Å²) in [4.78, 5) is 11.1. The van der Waals surface area contributed by atoms with Crippen LogP contribution in [-0.4, -0.2) is 38.9 Å². The van der Waals surface area contributed by atoms with Gasteiger partial charge in [-0.2, -0.15) is 0 Å². The molecule has 1 aliphatic rings. The van der Waals surface area contributed by atoms with E-state index in [-0.39, 0.29) is 16.2 Å². The first kappa shape index (κ1) is 12.7. The van der Waals surface area contributed by atoms with E-state index in [1.54, 1.807) is 0 Å². The number of fused-ring (bicyclic) bond motifs is 1. The second-order valence-electron chi connectivity index (χ2n) is 4.05. The Morgan fingerprint density at radius 1 is 1.44 bits per heavy atom. The van der Waals surface area contributed by atoms with Gasteiger partial charge in [-0.1, -0.05) is 0 Å². The lowest BCUT2D eigenvalue weighted by Gasteiger charge is -2.12. The van der Waals surface area contributed by atoms with Crippen LogP contribution >= 0.6 is 0 Å². The molecule has 0 fully saturated rings. The Hall–Kier alpha value is -1.76. The lowest BCUT2D eigenvalue weighted by molar-refractivity contribution is 0.0692. The molecular formula is C11H13NO5S. The number of ether oxygens (including phenoxy) is 1. The molecule has 1 aromatic rings. The van der Waals surface area contributed by atoms with Gasteiger partial charge in [-0.3, -0.25) is 0 Å². The molecule has 1 aliphatic heterocycles. The topological polar surface area (TPSA) is 92.7 Å².